The van der Waals surface area contributed by atoms with Crippen LogP contribution in [-0.2, 0) is 19.9 Å². The Balaban J connectivity index is 1.53. The smallest absolute Gasteiger partial charge is 0.271 e. The summed E-state index contributed by atoms with van der Waals surface area (Å²) in [4.78, 5) is 54.8. The molecule has 4 aliphatic heterocycles. The zero-order valence-electron chi connectivity index (χ0n) is 17.6. The molecule has 0 saturated carbocycles. The van der Waals surface area contributed by atoms with E-state index < -0.39 is 34.1 Å². The van der Waals surface area contributed by atoms with Crippen LogP contribution in [-0.4, -0.2) is 40.1 Å². The number of benzene rings is 2. The Morgan fingerprint density at radius 1 is 1.15 bits per heavy atom. The Morgan fingerprint density at radius 2 is 1.94 bits per heavy atom. The van der Waals surface area contributed by atoms with E-state index in [1.165, 1.54) is 12.1 Å². The van der Waals surface area contributed by atoms with Gasteiger partial charge in [-0.1, -0.05) is 29.3 Å². The average Bonchev–Trinajstić information content (AvgIpc) is 3.47. The maximum Gasteiger partial charge on any atom is 0.271 e. The molecular formula is C23H19ClN4O5. The van der Waals surface area contributed by atoms with Gasteiger partial charge in [-0.3, -0.25) is 29.4 Å². The number of hydrogen-bond acceptors (Lipinski definition) is 6. The molecule has 9 nitrogen and oxygen atoms in total. The molecule has 1 spiro atoms. The number of amides is 3. The van der Waals surface area contributed by atoms with Crippen molar-refractivity contribution >= 4 is 46.4 Å². The number of non-ortho nitro benzene ring substituents is 1. The minimum atomic E-state index is -1.26. The normalized spacial score (nSPS) is 30.1. The number of aryl methyl sites for hydroxylation is 1. The van der Waals surface area contributed by atoms with Gasteiger partial charge < -0.3 is 5.32 Å². The number of halogens is 1. The lowest BCUT2D eigenvalue weighted by molar-refractivity contribution is -0.384. The summed E-state index contributed by atoms with van der Waals surface area (Å²) in [5.41, 5.74) is 0.946. The highest BCUT2D eigenvalue weighted by atomic mass is 35.5. The summed E-state index contributed by atoms with van der Waals surface area (Å²) in [6, 6.07) is 9.08. The first-order chi connectivity index (χ1) is 15.8. The van der Waals surface area contributed by atoms with Gasteiger partial charge in [-0.25, -0.2) is 4.90 Å². The number of nitro groups is 1. The molecule has 4 aliphatic rings. The van der Waals surface area contributed by atoms with Crippen molar-refractivity contribution < 1.29 is 19.3 Å². The van der Waals surface area contributed by atoms with Gasteiger partial charge in [0.1, 0.15) is 5.54 Å². The van der Waals surface area contributed by atoms with Gasteiger partial charge in [0.15, 0.2) is 0 Å². The Hall–Kier alpha value is -3.30. The van der Waals surface area contributed by atoms with Crippen molar-refractivity contribution in [3.8, 4) is 0 Å². The fourth-order valence-corrected chi connectivity index (χ4v) is 6.60. The van der Waals surface area contributed by atoms with Gasteiger partial charge in [0.25, 0.3) is 5.69 Å². The third kappa shape index (κ3) is 2.38. The number of anilines is 2. The first-order valence-electron chi connectivity index (χ1n) is 10.8. The van der Waals surface area contributed by atoms with Crippen LogP contribution < -0.4 is 10.2 Å². The molecule has 1 N–H and O–H groups in total. The fraction of sp³-hybridized carbons (Fsp3) is 0.348. The van der Waals surface area contributed by atoms with Crippen molar-refractivity contribution in [3.05, 3.63) is 62.7 Å². The number of nitrogens with zero attached hydrogens (tertiary/aromatic N) is 3. The Bertz CT molecular complexity index is 1300. The molecule has 0 aliphatic carbocycles. The van der Waals surface area contributed by atoms with E-state index in [1.807, 2.05) is 30.0 Å². The molecule has 4 heterocycles. The molecule has 168 valence electrons. The first-order valence-corrected chi connectivity index (χ1v) is 11.2. The molecular weight excluding hydrogens is 448 g/mol. The van der Waals surface area contributed by atoms with Crippen LogP contribution in [0.15, 0.2) is 36.4 Å². The molecule has 0 radical (unpaired) electrons. The number of carbonyl (C=O) groups is 3. The Labute approximate surface area is 193 Å². The Morgan fingerprint density at radius 3 is 2.67 bits per heavy atom. The van der Waals surface area contributed by atoms with Crippen molar-refractivity contribution in [3.63, 3.8) is 0 Å². The lowest BCUT2D eigenvalue weighted by atomic mass is 9.75. The molecule has 2 aromatic rings. The van der Waals surface area contributed by atoms with Crippen LogP contribution in [0.4, 0.5) is 17.1 Å². The maximum absolute atomic E-state index is 13.9. The van der Waals surface area contributed by atoms with Crippen molar-refractivity contribution in [2.75, 3.05) is 16.8 Å². The predicted molar refractivity (Wildman–Crippen MR) is 119 cm³/mol. The van der Waals surface area contributed by atoms with Crippen LogP contribution >= 0.6 is 11.6 Å². The molecule has 3 fully saturated rings. The van der Waals surface area contributed by atoms with E-state index in [0.717, 1.165) is 28.5 Å². The molecule has 6 rings (SSSR count). The van der Waals surface area contributed by atoms with Crippen molar-refractivity contribution in [1.29, 1.82) is 0 Å². The molecule has 0 unspecified atom stereocenters. The van der Waals surface area contributed by atoms with E-state index >= 15 is 0 Å². The van der Waals surface area contributed by atoms with E-state index in [-0.39, 0.29) is 28.3 Å². The van der Waals surface area contributed by atoms with E-state index in [4.69, 9.17) is 11.6 Å². The van der Waals surface area contributed by atoms with Gasteiger partial charge >= 0.3 is 0 Å². The van der Waals surface area contributed by atoms with E-state index in [2.05, 4.69) is 5.32 Å². The van der Waals surface area contributed by atoms with Gasteiger partial charge in [0, 0.05) is 29.4 Å². The van der Waals surface area contributed by atoms with Gasteiger partial charge in [-0.15, -0.1) is 0 Å². The minimum absolute atomic E-state index is 0.0599. The highest BCUT2D eigenvalue weighted by molar-refractivity contribution is 6.36. The van der Waals surface area contributed by atoms with E-state index in [0.29, 0.717) is 18.7 Å². The summed E-state index contributed by atoms with van der Waals surface area (Å²) in [5, 5.41) is 14.0. The zero-order chi connectivity index (χ0) is 23.2. The van der Waals surface area contributed by atoms with Gasteiger partial charge in [0.05, 0.1) is 27.5 Å². The van der Waals surface area contributed by atoms with Crippen LogP contribution in [0, 0.1) is 28.9 Å². The average molecular weight is 467 g/mol. The van der Waals surface area contributed by atoms with Gasteiger partial charge in [0.2, 0.25) is 17.7 Å². The van der Waals surface area contributed by atoms with Crippen molar-refractivity contribution in [2.24, 2.45) is 11.8 Å². The number of nitrogens with one attached hydrogen (secondary N) is 1. The summed E-state index contributed by atoms with van der Waals surface area (Å²) < 4.78 is 0. The second kappa shape index (κ2) is 6.61. The summed E-state index contributed by atoms with van der Waals surface area (Å²) >= 11 is 6.29. The van der Waals surface area contributed by atoms with Gasteiger partial charge in [-0.05, 0) is 38.4 Å². The predicted octanol–water partition coefficient (Wildman–Crippen LogP) is 2.99. The first kappa shape index (κ1) is 20.3. The summed E-state index contributed by atoms with van der Waals surface area (Å²) in [7, 11) is 0. The van der Waals surface area contributed by atoms with Crippen LogP contribution in [0.25, 0.3) is 0 Å². The fourth-order valence-electron chi connectivity index (χ4n) is 6.35. The number of rotatable bonds is 2. The van der Waals surface area contributed by atoms with Crippen molar-refractivity contribution in [1.82, 2.24) is 4.90 Å². The van der Waals surface area contributed by atoms with Crippen LogP contribution in [0.2, 0.25) is 5.02 Å². The second-order valence-electron chi connectivity index (χ2n) is 9.08. The highest BCUT2D eigenvalue weighted by Crippen LogP contribution is 2.61. The molecule has 33 heavy (non-hydrogen) atoms. The summed E-state index contributed by atoms with van der Waals surface area (Å²) in [6.45, 7) is 2.55. The monoisotopic (exact) mass is 466 g/mol. The van der Waals surface area contributed by atoms with Crippen LogP contribution in [0.5, 0.6) is 0 Å². The van der Waals surface area contributed by atoms with Crippen LogP contribution in [0.3, 0.4) is 0 Å². The largest absolute Gasteiger partial charge is 0.324 e. The highest BCUT2D eigenvalue weighted by Gasteiger charge is 2.74. The van der Waals surface area contributed by atoms with E-state index in [1.54, 1.807) is 0 Å². The SMILES string of the molecule is Cc1ccc2c(c1)[C@]1(C(=O)N2)[C@@H]2C(=O)N(c3ccc([N+](=O)[O-])cc3Cl)C(=O)[C@@H]2[C@H]2CCCN21. The quantitative estimate of drug-likeness (QED) is 0.413. The third-order valence-corrected chi connectivity index (χ3v) is 7.83. The number of fused-ring (bicyclic) bond motifs is 7. The molecule has 0 aromatic heterocycles. The number of hydrogen-bond donors (Lipinski definition) is 1. The van der Waals surface area contributed by atoms with Crippen molar-refractivity contribution in [2.45, 2.75) is 31.3 Å². The number of carbonyl (C=O) groups excluding carboxylic acids is 3. The lowest BCUT2D eigenvalue weighted by Crippen LogP contribution is -2.54. The number of imide groups is 1. The van der Waals surface area contributed by atoms with Gasteiger partial charge in [-0.2, -0.15) is 0 Å². The Kier molecular flexibility index (Phi) is 4.07. The third-order valence-electron chi connectivity index (χ3n) is 7.53. The topological polar surface area (TPSA) is 113 Å². The van der Waals surface area contributed by atoms with Crippen LogP contribution in [0.1, 0.15) is 24.0 Å². The molecule has 3 amide bonds. The molecule has 2 aromatic carbocycles. The molecule has 4 atom stereocenters. The summed E-state index contributed by atoms with van der Waals surface area (Å²) in [5.74, 6) is -2.79. The lowest BCUT2D eigenvalue weighted by Gasteiger charge is -2.36. The zero-order valence-corrected chi connectivity index (χ0v) is 18.3. The van der Waals surface area contributed by atoms with E-state index in [9.17, 15) is 24.5 Å². The number of nitro benzene ring substituents is 1. The summed E-state index contributed by atoms with van der Waals surface area (Å²) in [6.07, 6.45) is 1.53. The molecule has 0 bridgehead atoms. The molecule has 3 saturated heterocycles. The minimum Gasteiger partial charge on any atom is -0.324 e. The molecule has 10 heteroatoms. The standard InChI is InChI=1S/C23H19ClN4O5/c1-11-4-6-15-13(9-11)23(22(31)25-15)19-18(17-3-2-8-26(17)23)20(29)27(21(19)30)16-7-5-12(28(32)33)10-14(16)24/h4-7,9-10,17-19H,2-3,8H2,1H3,(H,25,31)/t17-,18-,19+,23-/m1/s1. The maximum atomic E-state index is 13.9. The second-order valence-corrected chi connectivity index (χ2v) is 9.49.